The lowest BCUT2D eigenvalue weighted by Gasteiger charge is -2.11. The highest BCUT2D eigenvalue weighted by Gasteiger charge is 2.18. The van der Waals surface area contributed by atoms with Crippen LogP contribution in [0.1, 0.15) is 45.4 Å². The average molecular weight is 387 g/mol. The lowest BCUT2D eigenvalue weighted by Crippen LogP contribution is -2.14. The summed E-state index contributed by atoms with van der Waals surface area (Å²) >= 11 is 0. The number of methoxy groups -OCH3 is 2. The van der Waals surface area contributed by atoms with Gasteiger partial charge < -0.3 is 18.8 Å². The third-order valence-electron chi connectivity index (χ3n) is 4.57. The number of esters is 1. The molecule has 2 aromatic rings. The fraction of sp³-hybridized carbons (Fsp3) is 0.381. The Kier molecular flexibility index (Phi) is 6.98. The summed E-state index contributed by atoms with van der Waals surface area (Å²) in [5.41, 5.74) is 2.70. The average Bonchev–Trinajstić information content (AvgIpc) is 2.97. The van der Waals surface area contributed by atoms with Gasteiger partial charge in [0.2, 0.25) is 5.78 Å². The summed E-state index contributed by atoms with van der Waals surface area (Å²) in [7, 11) is 2.82. The van der Waals surface area contributed by atoms with Gasteiger partial charge in [0.1, 0.15) is 0 Å². The van der Waals surface area contributed by atoms with Gasteiger partial charge in [-0.1, -0.05) is 0 Å². The van der Waals surface area contributed by atoms with Crippen molar-refractivity contribution in [1.29, 1.82) is 0 Å². The first-order valence-corrected chi connectivity index (χ1v) is 8.87. The monoisotopic (exact) mass is 387 g/mol. The van der Waals surface area contributed by atoms with Crippen molar-refractivity contribution in [2.24, 2.45) is 0 Å². The molecule has 1 aromatic carbocycles. The lowest BCUT2D eigenvalue weighted by atomic mass is 10.1. The van der Waals surface area contributed by atoms with Crippen molar-refractivity contribution in [3.63, 3.8) is 0 Å². The molecular weight excluding hydrogens is 362 g/mol. The molecule has 0 saturated carbocycles. The highest BCUT2D eigenvalue weighted by atomic mass is 16.5. The standard InChI is InChI=1S/C21H25NO6/c1-13-10-17(14(2)22(13)9-8-21(25)27-5)18(24)12-28-19-7-6-16(15(3)23)11-20(19)26-4/h6-7,10-11H,8-9,12H2,1-5H3. The molecule has 0 atom stereocenters. The third kappa shape index (κ3) is 4.79. The number of carbonyl (C=O) groups excluding carboxylic acids is 3. The van der Waals surface area contributed by atoms with E-state index in [1.807, 2.05) is 18.4 Å². The number of Topliss-reactive ketones (excluding diaryl/α,β-unsaturated/α-hetero) is 2. The van der Waals surface area contributed by atoms with Gasteiger partial charge in [-0.3, -0.25) is 14.4 Å². The Hall–Kier alpha value is -3.09. The van der Waals surface area contributed by atoms with E-state index in [1.54, 1.807) is 24.3 Å². The maximum atomic E-state index is 12.6. The van der Waals surface area contributed by atoms with E-state index in [1.165, 1.54) is 21.1 Å². The van der Waals surface area contributed by atoms with Gasteiger partial charge >= 0.3 is 5.97 Å². The van der Waals surface area contributed by atoms with Crippen LogP contribution in [0.4, 0.5) is 0 Å². The van der Waals surface area contributed by atoms with E-state index in [9.17, 15) is 14.4 Å². The first-order chi connectivity index (χ1) is 13.3. The van der Waals surface area contributed by atoms with E-state index in [0.717, 1.165) is 11.4 Å². The van der Waals surface area contributed by atoms with Crippen LogP contribution in [-0.2, 0) is 16.1 Å². The Balaban J connectivity index is 2.11. The second-order valence-electron chi connectivity index (χ2n) is 6.40. The van der Waals surface area contributed by atoms with Crippen molar-refractivity contribution in [2.75, 3.05) is 20.8 Å². The number of benzene rings is 1. The van der Waals surface area contributed by atoms with Crippen molar-refractivity contribution in [3.05, 3.63) is 46.8 Å². The van der Waals surface area contributed by atoms with Crippen molar-refractivity contribution >= 4 is 17.5 Å². The molecule has 0 radical (unpaired) electrons. The largest absolute Gasteiger partial charge is 0.493 e. The van der Waals surface area contributed by atoms with Gasteiger partial charge in [0.15, 0.2) is 23.9 Å². The number of hydrogen-bond acceptors (Lipinski definition) is 6. The molecule has 0 N–H and O–H groups in total. The lowest BCUT2D eigenvalue weighted by molar-refractivity contribution is -0.140. The quantitative estimate of drug-likeness (QED) is 0.485. The summed E-state index contributed by atoms with van der Waals surface area (Å²) < 4.78 is 17.5. The van der Waals surface area contributed by atoms with Gasteiger partial charge in [-0.15, -0.1) is 0 Å². The summed E-state index contributed by atoms with van der Waals surface area (Å²) in [5, 5.41) is 0. The molecule has 0 fully saturated rings. The number of aromatic nitrogens is 1. The summed E-state index contributed by atoms with van der Waals surface area (Å²) in [6.45, 7) is 5.45. The fourth-order valence-corrected chi connectivity index (χ4v) is 2.96. The number of ether oxygens (including phenoxy) is 3. The Bertz CT molecular complexity index is 897. The highest BCUT2D eigenvalue weighted by Crippen LogP contribution is 2.28. The summed E-state index contributed by atoms with van der Waals surface area (Å²) in [6, 6.07) is 6.61. The van der Waals surface area contributed by atoms with Crippen LogP contribution in [0.2, 0.25) is 0 Å². The summed E-state index contributed by atoms with van der Waals surface area (Å²) in [4.78, 5) is 35.5. The number of rotatable bonds is 9. The van der Waals surface area contributed by atoms with Crippen LogP contribution in [0.25, 0.3) is 0 Å². The van der Waals surface area contributed by atoms with Gasteiger partial charge in [0.05, 0.1) is 20.6 Å². The van der Waals surface area contributed by atoms with Crippen LogP contribution < -0.4 is 9.47 Å². The number of nitrogens with zero attached hydrogens (tertiary/aromatic N) is 1. The maximum absolute atomic E-state index is 12.6. The molecule has 0 saturated heterocycles. The van der Waals surface area contributed by atoms with Crippen LogP contribution in [0, 0.1) is 13.8 Å². The van der Waals surface area contributed by atoms with Gasteiger partial charge in [-0.25, -0.2) is 0 Å². The first kappa shape index (κ1) is 21.2. The zero-order chi connectivity index (χ0) is 20.8. The van der Waals surface area contributed by atoms with Crippen molar-refractivity contribution in [2.45, 2.75) is 33.7 Å². The molecule has 0 spiro atoms. The zero-order valence-corrected chi connectivity index (χ0v) is 16.8. The van der Waals surface area contributed by atoms with E-state index >= 15 is 0 Å². The Morgan fingerprint density at radius 3 is 2.36 bits per heavy atom. The van der Waals surface area contributed by atoms with E-state index in [2.05, 4.69) is 4.74 Å². The van der Waals surface area contributed by atoms with Gasteiger partial charge in [-0.2, -0.15) is 0 Å². The second-order valence-corrected chi connectivity index (χ2v) is 6.40. The molecule has 2 rings (SSSR count). The molecule has 7 nitrogen and oxygen atoms in total. The van der Waals surface area contributed by atoms with Crippen LogP contribution in [-0.4, -0.2) is 42.9 Å². The van der Waals surface area contributed by atoms with Crippen molar-refractivity contribution in [1.82, 2.24) is 4.57 Å². The number of hydrogen-bond donors (Lipinski definition) is 0. The van der Waals surface area contributed by atoms with E-state index < -0.39 is 0 Å². The Morgan fingerprint density at radius 2 is 1.75 bits per heavy atom. The molecule has 0 amide bonds. The molecule has 0 aliphatic rings. The molecule has 150 valence electrons. The zero-order valence-electron chi connectivity index (χ0n) is 16.8. The predicted molar refractivity (Wildman–Crippen MR) is 103 cm³/mol. The smallest absolute Gasteiger partial charge is 0.307 e. The van der Waals surface area contributed by atoms with Crippen LogP contribution in [0.15, 0.2) is 24.3 Å². The molecule has 1 heterocycles. The molecule has 0 bridgehead atoms. The third-order valence-corrected chi connectivity index (χ3v) is 4.57. The molecule has 0 aliphatic carbocycles. The van der Waals surface area contributed by atoms with Crippen molar-refractivity contribution in [3.8, 4) is 11.5 Å². The SMILES string of the molecule is COC(=O)CCn1c(C)cc(C(=O)COc2ccc(C(C)=O)cc2OC)c1C. The first-order valence-electron chi connectivity index (χ1n) is 8.87. The second kappa shape index (κ2) is 9.21. The van der Waals surface area contributed by atoms with E-state index in [4.69, 9.17) is 9.47 Å². The van der Waals surface area contributed by atoms with Gasteiger partial charge in [0.25, 0.3) is 0 Å². The van der Waals surface area contributed by atoms with Crippen LogP contribution >= 0.6 is 0 Å². The molecular formula is C21H25NO6. The molecule has 1 aromatic heterocycles. The van der Waals surface area contributed by atoms with Gasteiger partial charge in [-0.05, 0) is 45.0 Å². The maximum Gasteiger partial charge on any atom is 0.307 e. The fourth-order valence-electron chi connectivity index (χ4n) is 2.96. The highest BCUT2D eigenvalue weighted by molar-refractivity contribution is 5.98. The Labute approximate surface area is 164 Å². The molecule has 7 heteroatoms. The molecule has 0 unspecified atom stereocenters. The normalized spacial score (nSPS) is 10.5. The molecule has 0 aliphatic heterocycles. The minimum atomic E-state index is -0.301. The van der Waals surface area contributed by atoms with E-state index in [0.29, 0.717) is 29.2 Å². The summed E-state index contributed by atoms with van der Waals surface area (Å²) in [6.07, 6.45) is 0.233. The van der Waals surface area contributed by atoms with Crippen LogP contribution in [0.3, 0.4) is 0 Å². The van der Waals surface area contributed by atoms with E-state index in [-0.39, 0.29) is 30.6 Å². The minimum absolute atomic E-state index is 0.0830. The predicted octanol–water partition coefficient (Wildman–Crippen LogP) is 3.14. The number of ketones is 2. The number of aryl methyl sites for hydroxylation is 1. The topological polar surface area (TPSA) is 83.8 Å². The van der Waals surface area contributed by atoms with Crippen molar-refractivity contribution < 1.29 is 28.6 Å². The Morgan fingerprint density at radius 1 is 1.04 bits per heavy atom. The van der Waals surface area contributed by atoms with Crippen LogP contribution in [0.5, 0.6) is 11.5 Å². The van der Waals surface area contributed by atoms with Gasteiger partial charge in [0, 0.05) is 29.1 Å². The number of carbonyl (C=O) groups is 3. The molecule has 28 heavy (non-hydrogen) atoms. The minimum Gasteiger partial charge on any atom is -0.493 e. The summed E-state index contributed by atoms with van der Waals surface area (Å²) in [5.74, 6) is 0.213.